The van der Waals surface area contributed by atoms with Crippen molar-refractivity contribution in [2.45, 2.75) is 40.2 Å². The van der Waals surface area contributed by atoms with E-state index in [0.717, 1.165) is 11.1 Å². The quantitative estimate of drug-likeness (QED) is 0.433. The summed E-state index contributed by atoms with van der Waals surface area (Å²) in [5, 5.41) is 13.4. The number of rotatable bonds is 7. The lowest BCUT2D eigenvalue weighted by Gasteiger charge is -2.36. The average molecular weight is 541 g/mol. The molecular weight excluding hydrogens is 508 g/mol. The maximum absolute atomic E-state index is 13.5. The third kappa shape index (κ3) is 5.60. The maximum atomic E-state index is 13.5. The fraction of sp³-hybridized carbons (Fsp3) is 0.444. The first-order valence-corrected chi connectivity index (χ1v) is 13.0. The number of amides is 1. The van der Waals surface area contributed by atoms with E-state index in [2.05, 4.69) is 10.3 Å². The predicted molar refractivity (Wildman–Crippen MR) is 148 cm³/mol. The van der Waals surface area contributed by atoms with Crippen LogP contribution < -0.4 is 15.8 Å². The highest BCUT2D eigenvalue weighted by Crippen LogP contribution is 2.29. The number of aromatic nitrogens is 3. The van der Waals surface area contributed by atoms with Gasteiger partial charge in [-0.25, -0.2) is 14.8 Å². The van der Waals surface area contributed by atoms with Crippen molar-refractivity contribution in [3.8, 4) is 0 Å². The van der Waals surface area contributed by atoms with Gasteiger partial charge in [0.1, 0.15) is 5.15 Å². The fourth-order valence-corrected chi connectivity index (χ4v) is 4.96. The Balaban J connectivity index is 1.69. The van der Waals surface area contributed by atoms with Crippen molar-refractivity contribution in [2.75, 3.05) is 36.4 Å². The standard InChI is InChI=1S/C27H33ClN6O4/c1-15(2)12-22(35)33-8-10-34(11-9-33)27-31-23-18(13-16(3)14-19(23)25(36)32(27)5)17(4)29-20-6-7-21(28)30-24(20)26(37)38/h6-7,13-15,17,29H,8-12H2,1-5H3,(H,37,38)/t17-/m1/s1. The van der Waals surface area contributed by atoms with Crippen LogP contribution in [0.15, 0.2) is 29.1 Å². The predicted octanol–water partition coefficient (Wildman–Crippen LogP) is 3.86. The number of piperazine rings is 1. The molecule has 1 fully saturated rings. The van der Waals surface area contributed by atoms with Gasteiger partial charge in [0.05, 0.1) is 22.6 Å². The van der Waals surface area contributed by atoms with Crippen LogP contribution in [0.2, 0.25) is 5.15 Å². The highest BCUT2D eigenvalue weighted by molar-refractivity contribution is 6.29. The summed E-state index contributed by atoms with van der Waals surface area (Å²) in [5.41, 5.74) is 2.16. The van der Waals surface area contributed by atoms with Crippen LogP contribution >= 0.6 is 11.6 Å². The van der Waals surface area contributed by atoms with E-state index in [9.17, 15) is 19.5 Å². The lowest BCUT2D eigenvalue weighted by Crippen LogP contribution is -2.50. The Morgan fingerprint density at radius 2 is 1.79 bits per heavy atom. The van der Waals surface area contributed by atoms with Gasteiger partial charge in [-0.3, -0.25) is 14.2 Å². The number of hydrogen-bond donors (Lipinski definition) is 2. The Morgan fingerprint density at radius 3 is 2.42 bits per heavy atom. The monoisotopic (exact) mass is 540 g/mol. The SMILES string of the molecule is Cc1cc([C@@H](C)Nc2ccc(Cl)nc2C(=O)O)c2nc(N3CCN(C(=O)CC(C)C)CC3)n(C)c(=O)c2c1. The van der Waals surface area contributed by atoms with Crippen molar-refractivity contribution in [3.63, 3.8) is 0 Å². The summed E-state index contributed by atoms with van der Waals surface area (Å²) < 4.78 is 1.56. The van der Waals surface area contributed by atoms with Gasteiger partial charge in [-0.05, 0) is 43.5 Å². The number of fused-ring (bicyclic) bond motifs is 1. The zero-order chi connectivity index (χ0) is 27.7. The van der Waals surface area contributed by atoms with Crippen molar-refractivity contribution in [2.24, 2.45) is 13.0 Å². The molecule has 1 saturated heterocycles. The Kier molecular flexibility index (Phi) is 7.91. The molecule has 202 valence electrons. The van der Waals surface area contributed by atoms with Crippen LogP contribution in [-0.2, 0) is 11.8 Å². The second kappa shape index (κ2) is 11.0. The van der Waals surface area contributed by atoms with E-state index < -0.39 is 12.0 Å². The number of benzene rings is 1. The molecule has 3 aromatic rings. The number of aryl methyl sites for hydroxylation is 1. The zero-order valence-corrected chi connectivity index (χ0v) is 23.0. The van der Waals surface area contributed by atoms with Gasteiger partial charge >= 0.3 is 5.97 Å². The van der Waals surface area contributed by atoms with Gasteiger partial charge in [0, 0.05) is 45.2 Å². The van der Waals surface area contributed by atoms with Crippen molar-refractivity contribution in [1.29, 1.82) is 0 Å². The van der Waals surface area contributed by atoms with E-state index in [1.807, 2.05) is 49.6 Å². The summed E-state index contributed by atoms with van der Waals surface area (Å²) in [6.07, 6.45) is 0.521. The van der Waals surface area contributed by atoms with Crippen LogP contribution in [0.4, 0.5) is 11.6 Å². The Labute approximate surface area is 226 Å². The molecule has 11 heteroatoms. The highest BCUT2D eigenvalue weighted by Gasteiger charge is 2.26. The Hall–Kier alpha value is -3.66. The first kappa shape index (κ1) is 27.4. The van der Waals surface area contributed by atoms with Crippen LogP contribution in [-0.4, -0.2) is 62.6 Å². The minimum absolute atomic E-state index is 0.0856. The smallest absolute Gasteiger partial charge is 0.356 e. The zero-order valence-electron chi connectivity index (χ0n) is 22.3. The van der Waals surface area contributed by atoms with Gasteiger partial charge in [0.15, 0.2) is 5.69 Å². The van der Waals surface area contributed by atoms with E-state index in [0.29, 0.717) is 61.1 Å². The molecular formula is C27H33ClN6O4. The molecule has 4 rings (SSSR count). The number of carbonyl (C=O) groups excluding carboxylic acids is 1. The number of hydrogen-bond acceptors (Lipinski definition) is 7. The minimum atomic E-state index is -1.20. The van der Waals surface area contributed by atoms with Gasteiger partial charge in [-0.15, -0.1) is 0 Å². The molecule has 0 aliphatic carbocycles. The molecule has 1 aliphatic rings. The molecule has 3 heterocycles. The maximum Gasteiger partial charge on any atom is 0.356 e. The molecule has 0 bridgehead atoms. The summed E-state index contributed by atoms with van der Waals surface area (Å²) in [5.74, 6) is -0.210. The number of halogens is 1. The highest BCUT2D eigenvalue weighted by atomic mass is 35.5. The molecule has 0 radical (unpaired) electrons. The number of aromatic carboxylic acids is 1. The van der Waals surface area contributed by atoms with Crippen LogP contribution in [0.25, 0.3) is 10.9 Å². The minimum Gasteiger partial charge on any atom is -0.476 e. The fourth-order valence-electron chi connectivity index (χ4n) is 4.81. The Bertz CT molecular complexity index is 1450. The number of nitrogens with one attached hydrogen (secondary N) is 1. The molecule has 10 nitrogen and oxygen atoms in total. The molecule has 0 unspecified atom stereocenters. The largest absolute Gasteiger partial charge is 0.476 e. The van der Waals surface area contributed by atoms with E-state index in [1.54, 1.807) is 17.7 Å². The summed E-state index contributed by atoms with van der Waals surface area (Å²) in [6, 6.07) is 6.47. The normalized spacial score (nSPS) is 14.7. The topological polar surface area (TPSA) is 121 Å². The lowest BCUT2D eigenvalue weighted by atomic mass is 10.0. The molecule has 1 aliphatic heterocycles. The van der Waals surface area contributed by atoms with E-state index >= 15 is 0 Å². The summed E-state index contributed by atoms with van der Waals surface area (Å²) in [4.78, 5) is 50.5. The first-order valence-electron chi connectivity index (χ1n) is 12.7. The summed E-state index contributed by atoms with van der Waals surface area (Å²) >= 11 is 5.91. The molecule has 2 aromatic heterocycles. The van der Waals surface area contributed by atoms with E-state index in [4.69, 9.17) is 16.6 Å². The van der Waals surface area contributed by atoms with Crippen molar-refractivity contribution < 1.29 is 14.7 Å². The van der Waals surface area contributed by atoms with Crippen molar-refractivity contribution >= 4 is 46.0 Å². The second-order valence-corrected chi connectivity index (χ2v) is 10.6. The lowest BCUT2D eigenvalue weighted by molar-refractivity contribution is -0.132. The molecule has 1 atom stereocenters. The number of anilines is 2. The number of nitrogens with zero attached hydrogens (tertiary/aromatic N) is 5. The van der Waals surface area contributed by atoms with Crippen molar-refractivity contribution in [1.82, 2.24) is 19.4 Å². The van der Waals surface area contributed by atoms with Crippen molar-refractivity contribution in [3.05, 3.63) is 56.6 Å². The van der Waals surface area contributed by atoms with Gasteiger partial charge in [-0.2, -0.15) is 0 Å². The molecule has 1 aromatic carbocycles. The molecule has 1 amide bonds. The van der Waals surface area contributed by atoms with Gasteiger partial charge in [-0.1, -0.05) is 31.5 Å². The third-order valence-corrected chi connectivity index (χ3v) is 6.94. The van der Waals surface area contributed by atoms with Gasteiger partial charge < -0.3 is 20.2 Å². The molecule has 2 N–H and O–H groups in total. The molecule has 38 heavy (non-hydrogen) atoms. The molecule has 0 spiro atoms. The number of carboxylic acids is 1. The van der Waals surface area contributed by atoms with Crippen LogP contribution in [0.3, 0.4) is 0 Å². The number of carboxylic acid groups (broad SMARTS) is 1. The van der Waals surface area contributed by atoms with Crippen LogP contribution in [0.1, 0.15) is 54.8 Å². The van der Waals surface area contributed by atoms with Gasteiger partial charge in [0.2, 0.25) is 11.9 Å². The second-order valence-electron chi connectivity index (χ2n) is 10.2. The van der Waals surface area contributed by atoms with Crippen LogP contribution in [0, 0.1) is 12.8 Å². The summed E-state index contributed by atoms with van der Waals surface area (Å²) in [6.45, 7) is 10.1. The third-order valence-electron chi connectivity index (χ3n) is 6.73. The first-order chi connectivity index (χ1) is 18.0. The average Bonchev–Trinajstić information content (AvgIpc) is 2.86. The van der Waals surface area contributed by atoms with E-state index in [1.165, 1.54) is 6.07 Å². The number of carbonyl (C=O) groups is 2. The Morgan fingerprint density at radius 1 is 1.11 bits per heavy atom. The van der Waals surface area contributed by atoms with Crippen LogP contribution in [0.5, 0.6) is 0 Å². The molecule has 0 saturated carbocycles. The summed E-state index contributed by atoms with van der Waals surface area (Å²) in [7, 11) is 1.71. The van der Waals surface area contributed by atoms with E-state index in [-0.39, 0.29) is 22.3 Å². The number of pyridine rings is 1. The van der Waals surface area contributed by atoms with Gasteiger partial charge in [0.25, 0.3) is 5.56 Å².